The second-order valence-electron chi connectivity index (χ2n) is 10.9. The molecule has 4 aliphatic carbocycles. The fourth-order valence-corrected chi connectivity index (χ4v) is 8.31. The minimum Gasteiger partial charge on any atom is -0.390 e. The van der Waals surface area contributed by atoms with E-state index < -0.39 is 6.10 Å². The first-order chi connectivity index (χ1) is 13.7. The Kier molecular flexibility index (Phi) is 5.94. The highest BCUT2D eigenvalue weighted by atomic mass is 35.5. The Morgan fingerprint density at radius 1 is 1.21 bits per heavy atom. The third-order valence-electron chi connectivity index (χ3n) is 9.44. The van der Waals surface area contributed by atoms with Crippen molar-refractivity contribution in [3.05, 3.63) is 0 Å². The molecule has 5 heteroatoms. The van der Waals surface area contributed by atoms with Gasteiger partial charge in [0.15, 0.2) is 0 Å². The summed E-state index contributed by atoms with van der Waals surface area (Å²) in [5, 5.41) is 10.7. The number of rotatable bonds is 5. The maximum atomic E-state index is 13.6. The average molecular weight is 425 g/mol. The molecule has 0 radical (unpaired) electrons. The Bertz CT molecular complexity index is 665. The number of ether oxygens (including phenoxy) is 1. The van der Waals surface area contributed by atoms with Gasteiger partial charge in [-0.1, -0.05) is 13.8 Å². The fourth-order valence-electron chi connectivity index (χ4n) is 8.20. The summed E-state index contributed by atoms with van der Waals surface area (Å²) in [6.07, 6.45) is 6.33. The van der Waals surface area contributed by atoms with Gasteiger partial charge < -0.3 is 9.84 Å². The van der Waals surface area contributed by atoms with Crippen molar-refractivity contribution in [2.45, 2.75) is 84.3 Å². The second-order valence-corrected chi connectivity index (χ2v) is 11.3. The summed E-state index contributed by atoms with van der Waals surface area (Å²) >= 11 is 5.79. The SMILES string of the molecule is CC(=O)[C@H]1CC[C@H]2[C@@H]3CC[C@H]4C[C@H](O)[C@@H](OCCCCl)C[C@]4(C)[C@H]3C(=O)C[C@]12C. The molecule has 0 aromatic heterocycles. The number of ketones is 2. The molecule has 0 heterocycles. The quantitative estimate of drug-likeness (QED) is 0.524. The Morgan fingerprint density at radius 3 is 2.66 bits per heavy atom. The molecule has 0 spiro atoms. The van der Waals surface area contributed by atoms with E-state index in [2.05, 4.69) is 13.8 Å². The Balaban J connectivity index is 1.60. The lowest BCUT2D eigenvalue weighted by Crippen LogP contribution is -2.60. The summed E-state index contributed by atoms with van der Waals surface area (Å²) in [6.45, 7) is 6.77. The molecule has 0 saturated heterocycles. The maximum absolute atomic E-state index is 13.6. The van der Waals surface area contributed by atoms with Crippen LogP contribution in [-0.4, -0.2) is 41.4 Å². The monoisotopic (exact) mass is 424 g/mol. The zero-order valence-electron chi connectivity index (χ0n) is 18.2. The van der Waals surface area contributed by atoms with Gasteiger partial charge in [-0.25, -0.2) is 0 Å². The number of fused-ring (bicyclic) bond motifs is 5. The molecule has 0 aliphatic heterocycles. The van der Waals surface area contributed by atoms with E-state index >= 15 is 0 Å². The van der Waals surface area contributed by atoms with E-state index in [-0.39, 0.29) is 34.6 Å². The normalized spacial score (nSPS) is 49.3. The molecule has 9 atom stereocenters. The van der Waals surface area contributed by atoms with Crippen LogP contribution in [0.25, 0.3) is 0 Å². The summed E-state index contributed by atoms with van der Waals surface area (Å²) in [5.41, 5.74) is -0.266. The Morgan fingerprint density at radius 2 is 1.97 bits per heavy atom. The molecule has 4 rings (SSSR count). The fraction of sp³-hybridized carbons (Fsp3) is 0.917. The van der Waals surface area contributed by atoms with Gasteiger partial charge in [0.2, 0.25) is 0 Å². The van der Waals surface area contributed by atoms with Crippen molar-refractivity contribution in [2.75, 3.05) is 12.5 Å². The lowest BCUT2D eigenvalue weighted by atomic mass is 9.44. The predicted molar refractivity (Wildman–Crippen MR) is 113 cm³/mol. The average Bonchev–Trinajstić information content (AvgIpc) is 2.99. The van der Waals surface area contributed by atoms with E-state index in [4.69, 9.17) is 16.3 Å². The summed E-state index contributed by atoms with van der Waals surface area (Å²) in [5.74, 6) is 2.51. The van der Waals surface area contributed by atoms with E-state index in [1.54, 1.807) is 6.92 Å². The highest BCUT2D eigenvalue weighted by Gasteiger charge is 2.64. The van der Waals surface area contributed by atoms with Crippen molar-refractivity contribution < 1.29 is 19.4 Å². The molecule has 29 heavy (non-hydrogen) atoms. The van der Waals surface area contributed by atoms with E-state index in [0.29, 0.717) is 42.4 Å². The van der Waals surface area contributed by atoms with Crippen LogP contribution in [0.2, 0.25) is 0 Å². The van der Waals surface area contributed by atoms with Gasteiger partial charge in [0, 0.05) is 30.7 Å². The molecular formula is C24H37ClO4. The molecular weight excluding hydrogens is 388 g/mol. The third-order valence-corrected chi connectivity index (χ3v) is 9.71. The van der Waals surface area contributed by atoms with Crippen molar-refractivity contribution >= 4 is 23.2 Å². The van der Waals surface area contributed by atoms with Crippen LogP contribution in [0.1, 0.15) is 72.1 Å². The summed E-state index contributed by atoms with van der Waals surface area (Å²) in [4.78, 5) is 25.9. The first-order valence-corrected chi connectivity index (χ1v) is 12.1. The van der Waals surface area contributed by atoms with Crippen LogP contribution >= 0.6 is 11.6 Å². The standard InChI is InChI=1S/C24H37ClO4/c1-14(26)17-7-8-18-16-6-5-15-11-19(27)21(29-10-4-9-25)13-23(15,2)22(16)20(28)12-24(17,18)3/h15-19,21-22,27H,4-13H2,1-3H3/t15-,16-,17+,18-,19-,21-,22+,23-,24+/m0/s1. The molecule has 0 aromatic rings. The van der Waals surface area contributed by atoms with Crippen LogP contribution in [0.4, 0.5) is 0 Å². The predicted octanol–water partition coefficient (Wildman–Crippen LogP) is 4.40. The maximum Gasteiger partial charge on any atom is 0.137 e. The van der Waals surface area contributed by atoms with Gasteiger partial charge in [-0.15, -0.1) is 11.6 Å². The highest BCUT2D eigenvalue weighted by molar-refractivity contribution is 6.17. The molecule has 0 aromatic carbocycles. The van der Waals surface area contributed by atoms with Gasteiger partial charge in [-0.05, 0) is 80.5 Å². The first kappa shape index (κ1) is 21.8. The third kappa shape index (κ3) is 3.42. The molecule has 1 N–H and O–H groups in total. The number of Topliss-reactive ketones (excluding diaryl/α,β-unsaturated/α-hetero) is 2. The van der Waals surface area contributed by atoms with Crippen LogP contribution in [0.15, 0.2) is 0 Å². The molecule has 4 aliphatic rings. The van der Waals surface area contributed by atoms with Crippen molar-refractivity contribution in [1.29, 1.82) is 0 Å². The molecule has 4 saturated carbocycles. The number of aliphatic hydroxyl groups is 1. The molecule has 0 bridgehead atoms. The van der Waals surface area contributed by atoms with Gasteiger partial charge in [-0.2, -0.15) is 0 Å². The van der Waals surface area contributed by atoms with E-state index in [1.165, 1.54) is 0 Å². The van der Waals surface area contributed by atoms with Crippen molar-refractivity contribution in [2.24, 2.45) is 40.4 Å². The van der Waals surface area contributed by atoms with E-state index in [9.17, 15) is 14.7 Å². The number of halogens is 1. The molecule has 4 fully saturated rings. The number of hydrogen-bond acceptors (Lipinski definition) is 4. The van der Waals surface area contributed by atoms with Gasteiger partial charge in [0.25, 0.3) is 0 Å². The Labute approximate surface area is 180 Å². The van der Waals surface area contributed by atoms with Crippen LogP contribution in [-0.2, 0) is 14.3 Å². The van der Waals surface area contributed by atoms with Gasteiger partial charge in [-0.3, -0.25) is 9.59 Å². The zero-order valence-corrected chi connectivity index (χ0v) is 18.9. The lowest BCUT2D eigenvalue weighted by molar-refractivity contribution is -0.180. The molecule has 0 unspecified atom stereocenters. The van der Waals surface area contributed by atoms with E-state index in [1.807, 2.05) is 0 Å². The van der Waals surface area contributed by atoms with Crippen molar-refractivity contribution in [3.8, 4) is 0 Å². The van der Waals surface area contributed by atoms with Crippen LogP contribution in [0, 0.1) is 40.4 Å². The van der Waals surface area contributed by atoms with Crippen molar-refractivity contribution in [1.82, 2.24) is 0 Å². The minimum atomic E-state index is -0.447. The van der Waals surface area contributed by atoms with Gasteiger partial charge >= 0.3 is 0 Å². The lowest BCUT2D eigenvalue weighted by Gasteiger charge is -2.60. The van der Waals surface area contributed by atoms with Crippen LogP contribution in [0.5, 0.6) is 0 Å². The number of hydrogen-bond donors (Lipinski definition) is 1. The van der Waals surface area contributed by atoms with Crippen LogP contribution < -0.4 is 0 Å². The van der Waals surface area contributed by atoms with Crippen molar-refractivity contribution in [3.63, 3.8) is 0 Å². The number of carbonyl (C=O) groups is 2. The van der Waals surface area contributed by atoms with E-state index in [0.717, 1.165) is 44.9 Å². The number of aliphatic hydroxyl groups excluding tert-OH is 1. The van der Waals surface area contributed by atoms with Gasteiger partial charge in [0.05, 0.1) is 12.2 Å². The number of carbonyl (C=O) groups excluding carboxylic acids is 2. The Hall–Kier alpha value is -0.450. The molecule has 4 nitrogen and oxygen atoms in total. The van der Waals surface area contributed by atoms with Crippen LogP contribution in [0.3, 0.4) is 0 Å². The second kappa shape index (κ2) is 7.91. The first-order valence-electron chi connectivity index (χ1n) is 11.6. The summed E-state index contributed by atoms with van der Waals surface area (Å²) in [7, 11) is 0. The summed E-state index contributed by atoms with van der Waals surface area (Å²) in [6, 6.07) is 0. The highest BCUT2D eigenvalue weighted by Crippen LogP contribution is 2.66. The zero-order chi connectivity index (χ0) is 21.0. The topological polar surface area (TPSA) is 63.6 Å². The molecule has 164 valence electrons. The van der Waals surface area contributed by atoms with Gasteiger partial charge in [0.1, 0.15) is 11.6 Å². The molecule has 0 amide bonds. The number of alkyl halides is 1. The largest absolute Gasteiger partial charge is 0.390 e. The minimum absolute atomic E-state index is 0.0442. The summed E-state index contributed by atoms with van der Waals surface area (Å²) < 4.78 is 6.03. The smallest absolute Gasteiger partial charge is 0.137 e.